The topological polar surface area (TPSA) is 52.6 Å². The van der Waals surface area contributed by atoms with Crippen LogP contribution in [0.2, 0.25) is 0 Å². The van der Waals surface area contributed by atoms with Crippen molar-refractivity contribution >= 4 is 15.8 Å². The van der Waals surface area contributed by atoms with Gasteiger partial charge in [-0.3, -0.25) is 0 Å². The predicted octanol–water partition coefficient (Wildman–Crippen LogP) is 2.84. The highest BCUT2D eigenvalue weighted by Crippen LogP contribution is 2.14. The summed E-state index contributed by atoms with van der Waals surface area (Å²) >= 11 is 0. The van der Waals surface area contributed by atoms with E-state index in [0.717, 1.165) is 5.69 Å². The fourth-order valence-electron chi connectivity index (χ4n) is 1.72. The molecule has 0 saturated carbocycles. The van der Waals surface area contributed by atoms with Gasteiger partial charge in [-0.05, 0) is 26.0 Å². The quantitative estimate of drug-likeness (QED) is 0.617. The Hall–Kier alpha value is -1.33. The molecule has 0 amide bonds. The molecular formula is C13H21N2O2S+. The van der Waals surface area contributed by atoms with Crippen LogP contribution in [0.1, 0.15) is 13.8 Å². The van der Waals surface area contributed by atoms with Crippen molar-refractivity contribution in [2.24, 2.45) is 0 Å². The van der Waals surface area contributed by atoms with Crippen LogP contribution in [0.25, 0.3) is 0 Å². The highest BCUT2D eigenvalue weighted by atomic mass is 32.3. The summed E-state index contributed by atoms with van der Waals surface area (Å²) in [5, 5.41) is 14.0. The Labute approximate surface area is 110 Å². The lowest BCUT2D eigenvalue weighted by molar-refractivity contribution is 0.418. The Morgan fingerprint density at radius 2 is 1.89 bits per heavy atom. The fraction of sp³-hybridized carbons (Fsp3) is 0.385. The number of nitrogens with zero attached hydrogens (tertiary/aromatic N) is 1. The summed E-state index contributed by atoms with van der Waals surface area (Å²) in [7, 11) is -2.33. The van der Waals surface area contributed by atoms with Gasteiger partial charge in [-0.1, -0.05) is 22.4 Å². The molecule has 0 bridgehead atoms. The molecule has 1 aromatic carbocycles. The fourth-order valence-corrected chi connectivity index (χ4v) is 3.36. The zero-order valence-electron chi connectivity index (χ0n) is 11.1. The molecule has 0 aliphatic rings. The standard InChI is InChI=1S/C13H20N2O2S/c1-4-15(5-2)18(3,17)11-13(16)14-12-9-7-6-8-10-12/h6-11H,4-5H2,1-3H3,(H-,14,16,17)/p+1. The van der Waals surface area contributed by atoms with Gasteiger partial charge < -0.3 is 10.4 Å². The first-order chi connectivity index (χ1) is 8.49. The molecule has 1 aromatic rings. The van der Waals surface area contributed by atoms with E-state index in [0.29, 0.717) is 13.1 Å². The average Bonchev–Trinajstić information content (AvgIpc) is 2.30. The lowest BCUT2D eigenvalue weighted by atomic mass is 10.3. The number of para-hydroxylation sites is 1. The van der Waals surface area contributed by atoms with Gasteiger partial charge in [-0.2, -0.15) is 0 Å². The van der Waals surface area contributed by atoms with Crippen molar-refractivity contribution in [1.82, 2.24) is 4.31 Å². The van der Waals surface area contributed by atoms with Crippen molar-refractivity contribution in [3.63, 3.8) is 0 Å². The molecule has 0 aromatic heterocycles. The van der Waals surface area contributed by atoms with Gasteiger partial charge in [0, 0.05) is 18.8 Å². The van der Waals surface area contributed by atoms with E-state index < -0.39 is 10.1 Å². The van der Waals surface area contributed by atoms with Crippen LogP contribution in [-0.2, 0) is 14.3 Å². The number of hydrogen-bond donors (Lipinski definition) is 2. The number of aliphatic hydroxyl groups is 1. The maximum atomic E-state index is 12.4. The van der Waals surface area contributed by atoms with Crippen LogP contribution < -0.4 is 5.32 Å². The third-order valence-corrected chi connectivity index (χ3v) is 4.80. The second-order valence-electron chi connectivity index (χ2n) is 3.97. The molecule has 2 N–H and O–H groups in total. The van der Waals surface area contributed by atoms with Crippen LogP contribution in [0, 0.1) is 0 Å². The summed E-state index contributed by atoms with van der Waals surface area (Å²) in [5.41, 5.74) is 0.765. The number of aliphatic hydroxyl groups excluding tert-OH is 1. The molecule has 0 aliphatic heterocycles. The normalized spacial score (nSPS) is 15.4. The van der Waals surface area contributed by atoms with Gasteiger partial charge in [0.05, 0.1) is 0 Å². The van der Waals surface area contributed by atoms with Crippen molar-refractivity contribution in [2.75, 3.05) is 24.7 Å². The van der Waals surface area contributed by atoms with Gasteiger partial charge in [-0.25, -0.2) is 0 Å². The predicted molar refractivity (Wildman–Crippen MR) is 77.7 cm³/mol. The average molecular weight is 269 g/mol. The molecule has 0 spiro atoms. The van der Waals surface area contributed by atoms with Gasteiger partial charge in [-0.15, -0.1) is 4.31 Å². The number of benzene rings is 1. The second-order valence-corrected chi connectivity index (χ2v) is 6.44. The van der Waals surface area contributed by atoms with Gasteiger partial charge in [0.25, 0.3) is 0 Å². The Kier molecular flexibility index (Phi) is 5.37. The third kappa shape index (κ3) is 4.16. The van der Waals surface area contributed by atoms with Crippen LogP contribution >= 0.6 is 0 Å². The molecule has 0 aliphatic carbocycles. The Morgan fingerprint density at radius 1 is 1.33 bits per heavy atom. The minimum Gasteiger partial charge on any atom is -0.491 e. The number of nitrogens with one attached hydrogen (secondary N) is 1. The SMILES string of the molecule is CCN(CC)[S+](C)(=O)/C=C(\O)Nc1ccccc1. The zero-order valence-corrected chi connectivity index (χ0v) is 11.9. The molecule has 1 atom stereocenters. The van der Waals surface area contributed by atoms with Crippen molar-refractivity contribution in [2.45, 2.75) is 13.8 Å². The van der Waals surface area contributed by atoms with E-state index in [1.54, 1.807) is 6.26 Å². The molecule has 0 fully saturated rings. The first kappa shape index (κ1) is 14.7. The van der Waals surface area contributed by atoms with Gasteiger partial charge >= 0.3 is 0 Å². The van der Waals surface area contributed by atoms with E-state index in [2.05, 4.69) is 5.32 Å². The van der Waals surface area contributed by atoms with E-state index in [1.165, 1.54) is 5.41 Å². The molecule has 4 nitrogen and oxygen atoms in total. The largest absolute Gasteiger partial charge is 0.491 e. The minimum atomic E-state index is -2.33. The smallest absolute Gasteiger partial charge is 0.239 e. The van der Waals surface area contributed by atoms with E-state index in [9.17, 15) is 9.32 Å². The van der Waals surface area contributed by atoms with Crippen LogP contribution in [0.3, 0.4) is 0 Å². The van der Waals surface area contributed by atoms with Crippen LogP contribution in [0.15, 0.2) is 41.6 Å². The molecule has 5 heteroatoms. The maximum absolute atomic E-state index is 12.4. The summed E-state index contributed by atoms with van der Waals surface area (Å²) in [6.07, 6.45) is 1.63. The summed E-state index contributed by atoms with van der Waals surface area (Å²) in [5.74, 6) is -0.0828. The highest BCUT2D eigenvalue weighted by molar-refractivity contribution is 8.02. The lowest BCUT2D eigenvalue weighted by Gasteiger charge is -2.16. The number of rotatable bonds is 6. The number of anilines is 1. The summed E-state index contributed by atoms with van der Waals surface area (Å²) in [4.78, 5) is 0. The van der Waals surface area contributed by atoms with Crippen molar-refractivity contribution in [1.29, 1.82) is 0 Å². The summed E-state index contributed by atoms with van der Waals surface area (Å²) in [6, 6.07) is 9.29. The molecule has 1 unspecified atom stereocenters. The molecule has 18 heavy (non-hydrogen) atoms. The van der Waals surface area contributed by atoms with Crippen LogP contribution in [0.4, 0.5) is 5.69 Å². The number of hydrogen-bond acceptors (Lipinski definition) is 3. The highest BCUT2D eigenvalue weighted by Gasteiger charge is 2.27. The van der Waals surface area contributed by atoms with Crippen molar-refractivity contribution in [3.8, 4) is 0 Å². The molecule has 100 valence electrons. The molecule has 1 rings (SSSR count). The Morgan fingerprint density at radius 3 is 2.39 bits per heavy atom. The maximum Gasteiger partial charge on any atom is 0.239 e. The monoisotopic (exact) mass is 269 g/mol. The molecule has 0 heterocycles. The summed E-state index contributed by atoms with van der Waals surface area (Å²) in [6.45, 7) is 5.26. The van der Waals surface area contributed by atoms with E-state index in [1.807, 2.05) is 48.5 Å². The minimum absolute atomic E-state index is 0.0828. The Bertz CT molecular complexity index is 442. The van der Waals surface area contributed by atoms with Crippen molar-refractivity contribution in [3.05, 3.63) is 41.6 Å². The second kappa shape index (κ2) is 6.56. The first-order valence-electron chi connectivity index (χ1n) is 5.96. The zero-order chi connectivity index (χ0) is 13.6. The van der Waals surface area contributed by atoms with Gasteiger partial charge in [0.2, 0.25) is 11.3 Å². The van der Waals surface area contributed by atoms with E-state index >= 15 is 0 Å². The van der Waals surface area contributed by atoms with Gasteiger partial charge in [0.15, 0.2) is 10.1 Å². The van der Waals surface area contributed by atoms with E-state index in [-0.39, 0.29) is 5.88 Å². The van der Waals surface area contributed by atoms with Gasteiger partial charge in [0.1, 0.15) is 6.26 Å². The van der Waals surface area contributed by atoms with Crippen molar-refractivity contribution < 1.29 is 9.32 Å². The van der Waals surface area contributed by atoms with E-state index in [4.69, 9.17) is 0 Å². The third-order valence-electron chi connectivity index (χ3n) is 2.59. The molecule has 0 saturated heterocycles. The molecule has 0 radical (unpaired) electrons. The Balaban J connectivity index is 2.79. The summed E-state index contributed by atoms with van der Waals surface area (Å²) < 4.78 is 14.2. The van der Waals surface area contributed by atoms with Crippen LogP contribution in [-0.4, -0.2) is 28.8 Å². The first-order valence-corrected chi connectivity index (χ1v) is 7.95. The lowest BCUT2D eigenvalue weighted by Crippen LogP contribution is -2.33. The van der Waals surface area contributed by atoms with Crippen LogP contribution in [0.5, 0.6) is 0 Å². The molecular weight excluding hydrogens is 248 g/mol.